The molecule has 0 aromatic heterocycles. The number of anilines is 1. The molecule has 112 valence electrons. The third-order valence-electron chi connectivity index (χ3n) is 3.75. The number of benzene rings is 1. The maximum atomic E-state index is 11.9. The van der Waals surface area contributed by atoms with Gasteiger partial charge in [-0.1, -0.05) is 31.0 Å². The van der Waals surface area contributed by atoms with Gasteiger partial charge < -0.3 is 16.2 Å². The fraction of sp³-hybridized carbons (Fsp3) is 0.533. The molecule has 1 aliphatic rings. The molecule has 1 amide bonds. The Morgan fingerprint density at radius 3 is 2.70 bits per heavy atom. The third kappa shape index (κ3) is 4.69. The Kier molecular flexibility index (Phi) is 6.82. The average molecular weight is 299 g/mol. The first-order valence-corrected chi connectivity index (χ1v) is 6.97. The van der Waals surface area contributed by atoms with Crippen LogP contribution in [0, 0.1) is 0 Å². The number of aliphatic hydroxyl groups excluding tert-OH is 1. The first-order chi connectivity index (χ1) is 9.16. The lowest BCUT2D eigenvalue weighted by atomic mass is 9.92. The van der Waals surface area contributed by atoms with Crippen LogP contribution in [0.2, 0.25) is 0 Å². The van der Waals surface area contributed by atoms with Crippen molar-refractivity contribution in [3.8, 4) is 0 Å². The summed E-state index contributed by atoms with van der Waals surface area (Å²) in [6, 6.07) is 7.52. The van der Waals surface area contributed by atoms with E-state index in [1.54, 1.807) is 0 Å². The minimum Gasteiger partial charge on any atom is -0.399 e. The minimum atomic E-state index is -0.389. The summed E-state index contributed by atoms with van der Waals surface area (Å²) >= 11 is 0. The van der Waals surface area contributed by atoms with E-state index in [1.807, 2.05) is 24.3 Å². The van der Waals surface area contributed by atoms with Crippen LogP contribution in [0.4, 0.5) is 5.69 Å². The number of carbonyl (C=O) groups excluding carboxylic acids is 1. The molecule has 2 atom stereocenters. The molecule has 2 rings (SSSR count). The summed E-state index contributed by atoms with van der Waals surface area (Å²) < 4.78 is 0. The van der Waals surface area contributed by atoms with Crippen molar-refractivity contribution in [1.29, 1.82) is 0 Å². The third-order valence-corrected chi connectivity index (χ3v) is 3.75. The topological polar surface area (TPSA) is 75.4 Å². The molecule has 1 saturated carbocycles. The lowest BCUT2D eigenvalue weighted by Crippen LogP contribution is -2.45. The molecule has 5 heteroatoms. The maximum absolute atomic E-state index is 11.9. The first-order valence-electron chi connectivity index (χ1n) is 6.97. The second-order valence-electron chi connectivity index (χ2n) is 5.22. The van der Waals surface area contributed by atoms with Gasteiger partial charge in [-0.2, -0.15) is 0 Å². The lowest BCUT2D eigenvalue weighted by Gasteiger charge is -2.28. The van der Waals surface area contributed by atoms with Gasteiger partial charge in [-0.05, 0) is 30.9 Å². The summed E-state index contributed by atoms with van der Waals surface area (Å²) in [7, 11) is 0. The molecule has 1 aromatic carbocycles. The van der Waals surface area contributed by atoms with Crippen molar-refractivity contribution < 1.29 is 9.90 Å². The Morgan fingerprint density at radius 2 is 2.00 bits per heavy atom. The number of aryl methyl sites for hydroxylation is 1. The molecule has 0 unspecified atom stereocenters. The molecular formula is C15H23ClN2O2. The second kappa shape index (κ2) is 8.12. The van der Waals surface area contributed by atoms with Crippen LogP contribution in [0.5, 0.6) is 0 Å². The second-order valence-corrected chi connectivity index (χ2v) is 5.22. The van der Waals surface area contributed by atoms with E-state index < -0.39 is 0 Å². The predicted molar refractivity (Wildman–Crippen MR) is 82.8 cm³/mol. The van der Waals surface area contributed by atoms with Crippen LogP contribution in [0.3, 0.4) is 0 Å². The maximum Gasteiger partial charge on any atom is 0.220 e. The highest BCUT2D eigenvalue weighted by Crippen LogP contribution is 2.18. The van der Waals surface area contributed by atoms with Crippen molar-refractivity contribution >= 4 is 24.0 Å². The van der Waals surface area contributed by atoms with Crippen LogP contribution in [0.15, 0.2) is 24.3 Å². The highest BCUT2D eigenvalue weighted by molar-refractivity contribution is 5.85. The largest absolute Gasteiger partial charge is 0.399 e. The van der Waals surface area contributed by atoms with Gasteiger partial charge in [0, 0.05) is 12.1 Å². The van der Waals surface area contributed by atoms with E-state index in [2.05, 4.69) is 5.32 Å². The standard InChI is InChI=1S/C15H22N2O2.ClH/c16-12-6-2-1-5-11(12)9-10-15(19)17-13-7-3-4-8-14(13)18;/h1-2,5-6,13-14,18H,3-4,7-10,16H2,(H,17,19);1H/t13-,14-;/m1./s1. The molecule has 1 aromatic rings. The number of rotatable bonds is 4. The normalized spacial score (nSPS) is 21.9. The van der Waals surface area contributed by atoms with Gasteiger partial charge in [0.25, 0.3) is 0 Å². The molecule has 1 aliphatic carbocycles. The molecule has 0 spiro atoms. The van der Waals surface area contributed by atoms with E-state index in [4.69, 9.17) is 5.73 Å². The van der Waals surface area contributed by atoms with Crippen LogP contribution < -0.4 is 11.1 Å². The smallest absolute Gasteiger partial charge is 0.220 e. The van der Waals surface area contributed by atoms with Crippen molar-refractivity contribution in [3.05, 3.63) is 29.8 Å². The van der Waals surface area contributed by atoms with Crippen molar-refractivity contribution in [2.45, 2.75) is 50.7 Å². The number of amides is 1. The number of carbonyl (C=O) groups is 1. The molecule has 4 N–H and O–H groups in total. The van der Waals surface area contributed by atoms with Crippen LogP contribution in [0.25, 0.3) is 0 Å². The van der Waals surface area contributed by atoms with E-state index in [0.717, 1.165) is 36.9 Å². The molecule has 1 fully saturated rings. The fourth-order valence-electron chi connectivity index (χ4n) is 2.57. The summed E-state index contributed by atoms with van der Waals surface area (Å²) in [6.07, 6.45) is 4.46. The number of hydrogen-bond acceptors (Lipinski definition) is 3. The number of para-hydroxylation sites is 1. The lowest BCUT2D eigenvalue weighted by molar-refractivity contribution is -0.123. The zero-order valence-electron chi connectivity index (χ0n) is 11.5. The Bertz CT molecular complexity index is 440. The summed E-state index contributed by atoms with van der Waals surface area (Å²) in [6.45, 7) is 0. The Hall–Kier alpha value is -1.26. The highest BCUT2D eigenvalue weighted by Gasteiger charge is 2.24. The number of nitrogens with one attached hydrogen (secondary N) is 1. The SMILES string of the molecule is Cl.Nc1ccccc1CCC(=O)N[C@@H]1CCCC[C@H]1O. The molecule has 0 radical (unpaired) electrons. The zero-order valence-corrected chi connectivity index (χ0v) is 12.4. The van der Waals surface area contributed by atoms with E-state index in [9.17, 15) is 9.90 Å². The number of nitrogens with two attached hydrogens (primary N) is 1. The Morgan fingerprint density at radius 1 is 1.30 bits per heavy atom. The zero-order chi connectivity index (χ0) is 13.7. The van der Waals surface area contributed by atoms with Gasteiger partial charge >= 0.3 is 0 Å². The van der Waals surface area contributed by atoms with Crippen molar-refractivity contribution in [2.24, 2.45) is 0 Å². The van der Waals surface area contributed by atoms with Gasteiger partial charge in [0.05, 0.1) is 12.1 Å². The van der Waals surface area contributed by atoms with Gasteiger partial charge in [-0.3, -0.25) is 4.79 Å². The van der Waals surface area contributed by atoms with Crippen LogP contribution in [0.1, 0.15) is 37.7 Å². The van der Waals surface area contributed by atoms with Crippen molar-refractivity contribution in [2.75, 3.05) is 5.73 Å². The van der Waals surface area contributed by atoms with Gasteiger partial charge in [0.2, 0.25) is 5.91 Å². The van der Waals surface area contributed by atoms with E-state index in [0.29, 0.717) is 12.8 Å². The molecule has 0 aliphatic heterocycles. The molecule has 0 saturated heterocycles. The van der Waals surface area contributed by atoms with E-state index >= 15 is 0 Å². The highest BCUT2D eigenvalue weighted by atomic mass is 35.5. The van der Waals surface area contributed by atoms with E-state index in [1.165, 1.54) is 0 Å². The monoisotopic (exact) mass is 298 g/mol. The summed E-state index contributed by atoms with van der Waals surface area (Å²) in [5, 5.41) is 12.7. The summed E-state index contributed by atoms with van der Waals surface area (Å²) in [5.74, 6) is -0.00537. The van der Waals surface area contributed by atoms with Gasteiger partial charge in [0.1, 0.15) is 0 Å². The Labute approximate surface area is 126 Å². The number of halogens is 1. The first kappa shape index (κ1) is 16.8. The van der Waals surface area contributed by atoms with Gasteiger partial charge in [0.15, 0.2) is 0 Å². The molecule has 4 nitrogen and oxygen atoms in total. The quantitative estimate of drug-likeness (QED) is 0.745. The van der Waals surface area contributed by atoms with Gasteiger partial charge in [-0.15, -0.1) is 12.4 Å². The molecule has 0 bridgehead atoms. The number of hydrogen-bond donors (Lipinski definition) is 3. The Balaban J connectivity index is 0.00000200. The molecular weight excluding hydrogens is 276 g/mol. The van der Waals surface area contributed by atoms with Crippen LogP contribution in [-0.4, -0.2) is 23.2 Å². The summed E-state index contributed by atoms with van der Waals surface area (Å²) in [4.78, 5) is 11.9. The van der Waals surface area contributed by atoms with Crippen molar-refractivity contribution in [1.82, 2.24) is 5.32 Å². The predicted octanol–water partition coefficient (Wildman–Crippen LogP) is 2.04. The van der Waals surface area contributed by atoms with Crippen LogP contribution in [-0.2, 0) is 11.2 Å². The molecule has 20 heavy (non-hydrogen) atoms. The molecule has 0 heterocycles. The average Bonchev–Trinajstić information content (AvgIpc) is 2.40. The number of nitrogen functional groups attached to an aromatic ring is 1. The van der Waals surface area contributed by atoms with Crippen LogP contribution >= 0.6 is 12.4 Å². The fourth-order valence-corrected chi connectivity index (χ4v) is 2.57. The van der Waals surface area contributed by atoms with Gasteiger partial charge in [-0.25, -0.2) is 0 Å². The summed E-state index contributed by atoms with van der Waals surface area (Å²) in [5.41, 5.74) is 7.57. The number of aliphatic hydroxyl groups is 1. The van der Waals surface area contributed by atoms with E-state index in [-0.39, 0.29) is 30.5 Å². The minimum absolute atomic E-state index is 0. The van der Waals surface area contributed by atoms with Crippen molar-refractivity contribution in [3.63, 3.8) is 0 Å².